The average molecular weight is 346 g/mol. The van der Waals surface area contributed by atoms with Crippen molar-refractivity contribution in [3.05, 3.63) is 52.6 Å². The maximum absolute atomic E-state index is 13.1. The van der Waals surface area contributed by atoms with E-state index in [1.165, 1.54) is 18.2 Å². The largest absolute Gasteiger partial charge is 0.353 e. The number of nitrogens with one attached hydrogen (secondary N) is 1. The second-order valence-electron chi connectivity index (χ2n) is 6.59. The smallest absolute Gasteiger partial charge is 0.267 e. The van der Waals surface area contributed by atoms with Gasteiger partial charge in [-0.15, -0.1) is 0 Å². The molecule has 0 aliphatic heterocycles. The summed E-state index contributed by atoms with van der Waals surface area (Å²) in [6.45, 7) is 4.45. The fourth-order valence-corrected chi connectivity index (χ4v) is 2.29. The topological polar surface area (TPSA) is 67.2 Å². The normalized spacial score (nSPS) is 11.6. The lowest BCUT2D eigenvalue weighted by Crippen LogP contribution is -2.50. The van der Waals surface area contributed by atoms with Crippen molar-refractivity contribution in [3.8, 4) is 11.3 Å². The number of benzene rings is 1. The van der Waals surface area contributed by atoms with Crippen molar-refractivity contribution in [3.63, 3.8) is 0 Å². The predicted octanol–water partition coefficient (Wildman–Crippen LogP) is 1.46. The van der Waals surface area contributed by atoms with Crippen LogP contribution in [0, 0.1) is 5.82 Å². The lowest BCUT2D eigenvalue weighted by Gasteiger charge is -2.25. The van der Waals surface area contributed by atoms with Crippen LogP contribution in [0.25, 0.3) is 11.3 Å². The fourth-order valence-electron chi connectivity index (χ4n) is 2.29. The van der Waals surface area contributed by atoms with Gasteiger partial charge in [0.2, 0.25) is 5.91 Å². The molecule has 0 atom stereocenters. The molecule has 1 heterocycles. The number of hydrogen-bond donors (Lipinski definition) is 1. The van der Waals surface area contributed by atoms with E-state index in [9.17, 15) is 14.0 Å². The van der Waals surface area contributed by atoms with Gasteiger partial charge in [-0.05, 0) is 58.3 Å². The third-order valence-electron chi connectivity index (χ3n) is 3.87. The van der Waals surface area contributed by atoms with E-state index in [0.29, 0.717) is 24.3 Å². The van der Waals surface area contributed by atoms with Crippen molar-refractivity contribution in [1.82, 2.24) is 20.0 Å². The van der Waals surface area contributed by atoms with Crippen LogP contribution in [0.2, 0.25) is 0 Å². The van der Waals surface area contributed by atoms with Crippen LogP contribution in [0.1, 0.15) is 13.8 Å². The number of hydrogen-bond acceptors (Lipinski definition) is 4. The number of rotatable bonds is 6. The quantitative estimate of drug-likeness (QED) is 0.860. The highest BCUT2D eigenvalue weighted by Gasteiger charge is 2.32. The van der Waals surface area contributed by atoms with Gasteiger partial charge in [-0.3, -0.25) is 9.59 Å². The van der Waals surface area contributed by atoms with E-state index in [4.69, 9.17) is 0 Å². The third kappa shape index (κ3) is 4.51. The molecule has 0 spiro atoms. The highest BCUT2D eigenvalue weighted by Crippen LogP contribution is 2.18. The zero-order valence-corrected chi connectivity index (χ0v) is 14.9. The van der Waals surface area contributed by atoms with Crippen molar-refractivity contribution >= 4 is 5.91 Å². The van der Waals surface area contributed by atoms with Crippen molar-refractivity contribution in [2.45, 2.75) is 19.4 Å². The summed E-state index contributed by atoms with van der Waals surface area (Å²) in [4.78, 5) is 26.7. The summed E-state index contributed by atoms with van der Waals surface area (Å²) in [6, 6.07) is 8.73. The van der Waals surface area contributed by atoms with E-state index in [-0.39, 0.29) is 17.3 Å². The molecule has 7 heteroatoms. The SMILES string of the molecule is CN(C)CCNC(=O)C(C)(C)n1nc(-c2ccc(F)cc2)ccc1=O. The Bertz CT molecular complexity index is 797. The molecule has 0 saturated carbocycles. The Hall–Kier alpha value is -2.54. The molecule has 0 bridgehead atoms. The minimum atomic E-state index is -1.15. The van der Waals surface area contributed by atoms with Gasteiger partial charge in [-0.25, -0.2) is 9.07 Å². The van der Waals surface area contributed by atoms with Gasteiger partial charge < -0.3 is 10.2 Å². The summed E-state index contributed by atoms with van der Waals surface area (Å²) in [5.74, 6) is -0.641. The molecule has 1 aromatic heterocycles. The van der Waals surface area contributed by atoms with Gasteiger partial charge in [-0.2, -0.15) is 5.10 Å². The molecule has 25 heavy (non-hydrogen) atoms. The summed E-state index contributed by atoms with van der Waals surface area (Å²) < 4.78 is 14.2. The molecule has 1 aromatic carbocycles. The van der Waals surface area contributed by atoms with Crippen molar-refractivity contribution < 1.29 is 9.18 Å². The monoisotopic (exact) mass is 346 g/mol. The molecule has 1 N–H and O–H groups in total. The average Bonchev–Trinajstić information content (AvgIpc) is 2.55. The lowest BCUT2D eigenvalue weighted by molar-refractivity contribution is -0.129. The first-order valence-corrected chi connectivity index (χ1v) is 8.01. The summed E-state index contributed by atoms with van der Waals surface area (Å²) in [6.07, 6.45) is 0. The van der Waals surface area contributed by atoms with Gasteiger partial charge in [-0.1, -0.05) is 0 Å². The molecule has 2 rings (SSSR count). The number of nitrogens with zero attached hydrogens (tertiary/aromatic N) is 3. The highest BCUT2D eigenvalue weighted by molar-refractivity contribution is 5.83. The van der Waals surface area contributed by atoms with Crippen LogP contribution >= 0.6 is 0 Å². The molecule has 2 aromatic rings. The molecule has 0 saturated heterocycles. The van der Waals surface area contributed by atoms with Gasteiger partial charge in [0, 0.05) is 24.7 Å². The Morgan fingerprint density at radius 1 is 1.20 bits per heavy atom. The maximum Gasteiger partial charge on any atom is 0.267 e. The molecule has 1 amide bonds. The third-order valence-corrected chi connectivity index (χ3v) is 3.87. The summed E-state index contributed by atoms with van der Waals surface area (Å²) >= 11 is 0. The minimum absolute atomic E-state index is 0.291. The maximum atomic E-state index is 13.1. The molecule has 0 aliphatic rings. The fraction of sp³-hybridized carbons (Fsp3) is 0.389. The standard InChI is InChI=1S/C18H23FN4O2/c1-18(2,17(25)20-11-12-22(3)4)23-16(24)10-9-15(21-23)13-5-7-14(19)8-6-13/h5-10H,11-12H2,1-4H3,(H,20,25). The lowest BCUT2D eigenvalue weighted by atomic mass is 10.0. The Kier molecular flexibility index (Phi) is 5.69. The number of amides is 1. The van der Waals surface area contributed by atoms with Gasteiger partial charge >= 0.3 is 0 Å². The molecule has 6 nitrogen and oxygen atoms in total. The number of carbonyl (C=O) groups is 1. The van der Waals surface area contributed by atoms with E-state index in [0.717, 1.165) is 4.68 Å². The van der Waals surface area contributed by atoms with Gasteiger partial charge in [0.25, 0.3) is 5.56 Å². The zero-order valence-electron chi connectivity index (χ0n) is 14.9. The van der Waals surface area contributed by atoms with E-state index in [1.807, 2.05) is 19.0 Å². The van der Waals surface area contributed by atoms with Gasteiger partial charge in [0.05, 0.1) is 5.69 Å². The van der Waals surface area contributed by atoms with E-state index in [2.05, 4.69) is 10.4 Å². The predicted molar refractivity (Wildman–Crippen MR) is 94.8 cm³/mol. The van der Waals surface area contributed by atoms with Crippen LogP contribution in [0.4, 0.5) is 4.39 Å². The first kappa shape index (κ1) is 18.8. The Morgan fingerprint density at radius 3 is 2.44 bits per heavy atom. The minimum Gasteiger partial charge on any atom is -0.353 e. The Balaban J connectivity index is 2.30. The van der Waals surface area contributed by atoms with Crippen LogP contribution in [0.5, 0.6) is 0 Å². The van der Waals surface area contributed by atoms with Crippen LogP contribution in [-0.2, 0) is 10.3 Å². The number of aromatic nitrogens is 2. The second kappa shape index (κ2) is 7.57. The second-order valence-corrected chi connectivity index (χ2v) is 6.59. The van der Waals surface area contributed by atoms with E-state index < -0.39 is 5.54 Å². The highest BCUT2D eigenvalue weighted by atomic mass is 19.1. The van der Waals surface area contributed by atoms with Gasteiger partial charge in [0.1, 0.15) is 11.4 Å². The molecular weight excluding hydrogens is 323 g/mol. The van der Waals surface area contributed by atoms with Crippen LogP contribution in [0.15, 0.2) is 41.2 Å². The Labute approximate surface area is 146 Å². The number of carbonyl (C=O) groups excluding carboxylic acids is 1. The van der Waals surface area contributed by atoms with Crippen molar-refractivity contribution in [2.24, 2.45) is 0 Å². The van der Waals surface area contributed by atoms with E-state index >= 15 is 0 Å². The van der Waals surface area contributed by atoms with Crippen LogP contribution in [-0.4, -0.2) is 47.8 Å². The zero-order chi connectivity index (χ0) is 18.6. The first-order valence-electron chi connectivity index (χ1n) is 8.01. The molecular formula is C18H23FN4O2. The Morgan fingerprint density at radius 2 is 1.84 bits per heavy atom. The van der Waals surface area contributed by atoms with Crippen LogP contribution in [0.3, 0.4) is 0 Å². The van der Waals surface area contributed by atoms with Gasteiger partial charge in [0.15, 0.2) is 0 Å². The molecule has 0 aliphatic carbocycles. The van der Waals surface area contributed by atoms with Crippen molar-refractivity contribution in [2.75, 3.05) is 27.2 Å². The number of likely N-dealkylation sites (N-methyl/N-ethyl adjacent to an activating group) is 1. The van der Waals surface area contributed by atoms with Crippen LogP contribution < -0.4 is 10.9 Å². The molecule has 0 radical (unpaired) electrons. The number of halogens is 1. The summed E-state index contributed by atoms with van der Waals surface area (Å²) in [7, 11) is 3.82. The first-order chi connectivity index (χ1) is 11.7. The van der Waals surface area contributed by atoms with Crippen molar-refractivity contribution in [1.29, 1.82) is 0 Å². The summed E-state index contributed by atoms with van der Waals surface area (Å²) in [5.41, 5.74) is -0.370. The summed E-state index contributed by atoms with van der Waals surface area (Å²) in [5, 5.41) is 7.14. The molecule has 0 unspecified atom stereocenters. The molecule has 134 valence electrons. The molecule has 0 fully saturated rings. The van der Waals surface area contributed by atoms with E-state index in [1.54, 1.807) is 32.0 Å².